The maximum Gasteiger partial charge on any atom is 0.218 e. The van der Waals surface area contributed by atoms with E-state index in [1.54, 1.807) is 13.8 Å². The molecular formula is C22H28F2O4S. The molecular weight excluding hydrogens is 398 g/mol. The van der Waals surface area contributed by atoms with Crippen molar-refractivity contribution in [2.24, 2.45) is 28.6 Å². The molecule has 0 bridgehead atoms. The molecule has 29 heavy (non-hydrogen) atoms. The molecule has 4 rings (SSSR count). The van der Waals surface area contributed by atoms with E-state index >= 15 is 8.78 Å². The van der Waals surface area contributed by atoms with E-state index in [1.807, 2.05) is 0 Å². The molecule has 0 spiro atoms. The smallest absolute Gasteiger partial charge is 0.218 e. The minimum absolute atomic E-state index is 0.0658. The molecule has 0 saturated heterocycles. The molecule has 7 heteroatoms. The summed E-state index contributed by atoms with van der Waals surface area (Å²) in [5.74, 6) is -2.20. The number of rotatable bonds is 1. The molecule has 0 aromatic heterocycles. The van der Waals surface area contributed by atoms with E-state index in [2.05, 4.69) is 12.6 Å². The molecule has 9 atom stereocenters. The predicted molar refractivity (Wildman–Crippen MR) is 107 cm³/mol. The monoisotopic (exact) mass is 426 g/mol. The molecule has 160 valence electrons. The van der Waals surface area contributed by atoms with Crippen LogP contribution in [0.1, 0.15) is 46.5 Å². The molecule has 4 aliphatic carbocycles. The van der Waals surface area contributed by atoms with Gasteiger partial charge in [0.05, 0.1) is 6.10 Å². The summed E-state index contributed by atoms with van der Waals surface area (Å²) in [6.07, 6.45) is 1.38. The second-order valence-electron chi connectivity index (χ2n) is 9.91. The van der Waals surface area contributed by atoms with Crippen molar-refractivity contribution in [2.75, 3.05) is 0 Å². The number of hydrogen-bond acceptors (Lipinski definition) is 4. The van der Waals surface area contributed by atoms with Gasteiger partial charge in [-0.25, -0.2) is 8.78 Å². The first-order valence-electron chi connectivity index (χ1n) is 10.3. The van der Waals surface area contributed by atoms with Crippen molar-refractivity contribution in [3.05, 3.63) is 23.8 Å². The Balaban J connectivity index is 1.88. The Hall–Kier alpha value is -1.05. The first kappa shape index (κ1) is 21.2. The lowest BCUT2D eigenvalue weighted by Crippen LogP contribution is -2.74. The SMILES string of the molecule is C[C@@H]1CCC2C3C[C@H](F)C4=CC(=O)C=C[C@]4(C)[C@@]3(F)[C@@H](O)C[C@]2(C)[C@@]1(O)C(=O)S. The van der Waals surface area contributed by atoms with Crippen LogP contribution in [-0.2, 0) is 9.59 Å². The number of thiol groups is 1. The Kier molecular flexibility index (Phi) is 4.56. The standard InChI is InChI=1S/C22H28F2O4S/c1-11-4-5-13-14-9-16(23)15-8-12(25)6-7-19(15,2)21(14,24)17(26)10-20(13,3)22(11,28)18(27)29/h6-8,11,13-14,16-17,26,28H,4-5,9-10H2,1-3H3,(H,27,29)/t11-,13?,14?,16+,17+,19+,20+,21+,22+/m1/s1. The fraction of sp³-hybridized carbons (Fsp3) is 0.727. The van der Waals surface area contributed by atoms with Crippen LogP contribution in [0.3, 0.4) is 0 Å². The highest BCUT2D eigenvalue weighted by Gasteiger charge is 2.74. The Labute approximate surface area is 174 Å². The summed E-state index contributed by atoms with van der Waals surface area (Å²) in [5, 5.41) is 21.9. The Bertz CT molecular complexity index is 843. The van der Waals surface area contributed by atoms with Crippen LogP contribution in [0.25, 0.3) is 0 Å². The zero-order chi connectivity index (χ0) is 21.6. The highest BCUT2D eigenvalue weighted by Crippen LogP contribution is 2.69. The van der Waals surface area contributed by atoms with Crippen molar-refractivity contribution in [3.63, 3.8) is 0 Å². The number of hydrogen-bond donors (Lipinski definition) is 3. The number of carbonyl (C=O) groups excluding carboxylic acids is 2. The third kappa shape index (κ3) is 2.32. The predicted octanol–water partition coefficient (Wildman–Crippen LogP) is 3.13. The van der Waals surface area contributed by atoms with Crippen molar-refractivity contribution >= 4 is 23.5 Å². The van der Waals surface area contributed by atoms with Gasteiger partial charge in [-0.3, -0.25) is 9.59 Å². The van der Waals surface area contributed by atoms with Crippen LogP contribution >= 0.6 is 12.6 Å². The van der Waals surface area contributed by atoms with E-state index in [9.17, 15) is 19.8 Å². The van der Waals surface area contributed by atoms with Crippen LogP contribution in [0.5, 0.6) is 0 Å². The lowest BCUT2D eigenvalue weighted by molar-refractivity contribution is -0.259. The van der Waals surface area contributed by atoms with E-state index in [-0.39, 0.29) is 24.2 Å². The molecule has 0 aromatic carbocycles. The van der Waals surface area contributed by atoms with Gasteiger partial charge in [-0.15, -0.1) is 12.6 Å². The molecule has 3 saturated carbocycles. The lowest BCUT2D eigenvalue weighted by Gasteiger charge is -2.67. The van der Waals surface area contributed by atoms with Crippen LogP contribution in [-0.4, -0.2) is 44.7 Å². The van der Waals surface area contributed by atoms with Crippen molar-refractivity contribution in [1.82, 2.24) is 0 Å². The van der Waals surface area contributed by atoms with E-state index < -0.39 is 57.2 Å². The van der Waals surface area contributed by atoms with Gasteiger partial charge in [0.25, 0.3) is 0 Å². The van der Waals surface area contributed by atoms with Gasteiger partial charge < -0.3 is 10.2 Å². The van der Waals surface area contributed by atoms with Crippen molar-refractivity contribution < 1.29 is 28.6 Å². The van der Waals surface area contributed by atoms with Gasteiger partial charge in [0.1, 0.15) is 11.8 Å². The van der Waals surface area contributed by atoms with Crippen molar-refractivity contribution in [1.29, 1.82) is 0 Å². The number of fused-ring (bicyclic) bond motifs is 5. The van der Waals surface area contributed by atoms with Gasteiger partial charge in [-0.05, 0) is 62.2 Å². The third-order valence-corrected chi connectivity index (χ3v) is 9.18. The maximum absolute atomic E-state index is 16.9. The summed E-state index contributed by atoms with van der Waals surface area (Å²) in [6.45, 7) is 4.99. The fourth-order valence-corrected chi connectivity index (χ4v) is 7.65. The van der Waals surface area contributed by atoms with Gasteiger partial charge in [0, 0.05) is 16.7 Å². The first-order chi connectivity index (χ1) is 13.3. The second-order valence-corrected chi connectivity index (χ2v) is 10.3. The number of halogens is 2. The van der Waals surface area contributed by atoms with E-state index in [0.717, 1.165) is 6.08 Å². The summed E-state index contributed by atoms with van der Waals surface area (Å²) in [7, 11) is 0. The average Bonchev–Trinajstić information content (AvgIpc) is 2.64. The molecule has 2 N–H and O–H groups in total. The first-order valence-corrected chi connectivity index (χ1v) is 10.7. The Morgan fingerprint density at radius 2 is 1.93 bits per heavy atom. The molecule has 2 unspecified atom stereocenters. The summed E-state index contributed by atoms with van der Waals surface area (Å²) in [6, 6.07) is 0. The molecule has 0 radical (unpaired) electrons. The number of aliphatic hydroxyl groups is 2. The number of allylic oxidation sites excluding steroid dienone is 4. The van der Waals surface area contributed by atoms with E-state index in [4.69, 9.17) is 0 Å². The maximum atomic E-state index is 16.9. The van der Waals surface area contributed by atoms with E-state index in [0.29, 0.717) is 12.8 Å². The second kappa shape index (κ2) is 6.24. The summed E-state index contributed by atoms with van der Waals surface area (Å²) in [5.41, 5.74) is -6.56. The molecule has 0 heterocycles. The van der Waals surface area contributed by atoms with Gasteiger partial charge in [-0.2, -0.15) is 0 Å². The topological polar surface area (TPSA) is 74.6 Å². The quantitative estimate of drug-likeness (QED) is 0.563. The summed E-state index contributed by atoms with van der Waals surface area (Å²) < 4.78 is 32.2. The third-order valence-electron chi connectivity index (χ3n) is 8.84. The van der Waals surface area contributed by atoms with Crippen LogP contribution in [0.4, 0.5) is 8.78 Å². The molecule has 3 fully saturated rings. The number of ketones is 1. The van der Waals surface area contributed by atoms with Gasteiger partial charge >= 0.3 is 0 Å². The molecule has 4 nitrogen and oxygen atoms in total. The van der Waals surface area contributed by atoms with Gasteiger partial charge in [0.2, 0.25) is 5.12 Å². The van der Waals surface area contributed by atoms with Crippen molar-refractivity contribution in [3.8, 4) is 0 Å². The lowest BCUT2D eigenvalue weighted by atomic mass is 9.40. The van der Waals surface area contributed by atoms with Crippen LogP contribution in [0, 0.1) is 28.6 Å². The number of aliphatic hydroxyl groups excluding tert-OH is 1. The van der Waals surface area contributed by atoms with Crippen LogP contribution in [0.2, 0.25) is 0 Å². The average molecular weight is 427 g/mol. The van der Waals surface area contributed by atoms with E-state index in [1.165, 1.54) is 19.1 Å². The minimum Gasteiger partial charge on any atom is -0.390 e. The number of alkyl halides is 2. The number of carbonyl (C=O) groups is 2. The fourth-order valence-electron chi connectivity index (χ4n) is 7.18. The molecule has 0 aliphatic heterocycles. The van der Waals surface area contributed by atoms with Crippen molar-refractivity contribution in [2.45, 2.75) is 70.0 Å². The van der Waals surface area contributed by atoms with Crippen LogP contribution in [0.15, 0.2) is 23.8 Å². The molecule has 4 aliphatic rings. The van der Waals surface area contributed by atoms with Gasteiger partial charge in [-0.1, -0.05) is 19.9 Å². The summed E-state index contributed by atoms with van der Waals surface area (Å²) >= 11 is 3.95. The molecule has 0 amide bonds. The largest absolute Gasteiger partial charge is 0.390 e. The highest BCUT2D eigenvalue weighted by molar-refractivity contribution is 7.96. The minimum atomic E-state index is -2.20. The Morgan fingerprint density at radius 3 is 2.55 bits per heavy atom. The normalized spacial score (nSPS) is 54.1. The zero-order valence-electron chi connectivity index (χ0n) is 16.9. The highest BCUT2D eigenvalue weighted by atomic mass is 32.1. The van der Waals surface area contributed by atoms with Gasteiger partial charge in [0.15, 0.2) is 11.5 Å². The molecule has 0 aromatic rings. The van der Waals surface area contributed by atoms with Crippen LogP contribution < -0.4 is 0 Å². The summed E-state index contributed by atoms with van der Waals surface area (Å²) in [4.78, 5) is 24.3. The zero-order valence-corrected chi connectivity index (χ0v) is 17.8. The Morgan fingerprint density at radius 1 is 1.28 bits per heavy atom.